The van der Waals surface area contributed by atoms with Crippen molar-refractivity contribution in [2.24, 2.45) is 7.05 Å². The lowest BCUT2D eigenvalue weighted by atomic mass is 9.92. The van der Waals surface area contributed by atoms with Gasteiger partial charge in [0.1, 0.15) is 17.3 Å². The van der Waals surface area contributed by atoms with E-state index < -0.39 is 0 Å². The second-order valence-electron chi connectivity index (χ2n) is 11.2. The average molecular weight is 533 g/mol. The summed E-state index contributed by atoms with van der Waals surface area (Å²) in [5, 5.41) is 8.27. The molecule has 0 saturated carbocycles. The SMILES string of the molecule is CC(=O)Cc1cc(Oc2cnc3nc(Nc4cc(C(C)(C)C)n(C[C@H]5CN(C)CCO5)n4)n(C)c3c2)ccn1. The van der Waals surface area contributed by atoms with Crippen molar-refractivity contribution in [1.29, 1.82) is 0 Å². The summed E-state index contributed by atoms with van der Waals surface area (Å²) in [5.41, 5.74) is 3.09. The minimum atomic E-state index is -0.0924. The van der Waals surface area contributed by atoms with Gasteiger partial charge >= 0.3 is 0 Å². The van der Waals surface area contributed by atoms with Gasteiger partial charge in [0.05, 0.1) is 36.7 Å². The van der Waals surface area contributed by atoms with Crippen LogP contribution in [0, 0.1) is 0 Å². The van der Waals surface area contributed by atoms with Crippen molar-refractivity contribution in [3.8, 4) is 11.5 Å². The average Bonchev–Trinajstić information content (AvgIpc) is 3.40. The number of aromatic nitrogens is 6. The van der Waals surface area contributed by atoms with E-state index in [1.165, 1.54) is 0 Å². The van der Waals surface area contributed by atoms with Gasteiger partial charge in [0.2, 0.25) is 5.95 Å². The quantitative estimate of drug-likeness (QED) is 0.361. The molecular formula is C28H36N8O3. The Balaban J connectivity index is 1.37. The summed E-state index contributed by atoms with van der Waals surface area (Å²) >= 11 is 0. The molecule has 4 aromatic heterocycles. The largest absolute Gasteiger partial charge is 0.456 e. The fraction of sp³-hybridized carbons (Fsp3) is 0.464. The molecule has 0 spiro atoms. The number of carbonyl (C=O) groups is 1. The standard InChI is InChI=1S/C28H36N8O3/c1-18(37)11-19-12-20(7-8-29-19)39-21-13-23-26(30-15-21)32-27(35(23)6)31-25-14-24(28(2,3)4)36(33-25)17-22-16-34(5)9-10-38-22/h7-8,12-15,22H,9-11,16-17H2,1-6H3,(H,30,31,32,33)/t22-/m1/s1. The number of ether oxygens (including phenoxy) is 2. The van der Waals surface area contributed by atoms with E-state index in [0.717, 1.165) is 30.9 Å². The minimum absolute atomic E-state index is 0.0482. The van der Waals surface area contributed by atoms with E-state index >= 15 is 0 Å². The number of imidazole rings is 1. The van der Waals surface area contributed by atoms with Gasteiger partial charge < -0.3 is 24.3 Å². The number of hydrogen-bond donors (Lipinski definition) is 1. The van der Waals surface area contributed by atoms with E-state index in [2.05, 4.69) is 59.1 Å². The molecule has 5 heterocycles. The number of rotatable bonds is 8. The number of nitrogens with one attached hydrogen (secondary N) is 1. The maximum atomic E-state index is 11.5. The molecule has 39 heavy (non-hydrogen) atoms. The van der Waals surface area contributed by atoms with Crippen molar-refractivity contribution in [2.75, 3.05) is 32.1 Å². The number of anilines is 2. The first kappa shape index (κ1) is 26.8. The van der Waals surface area contributed by atoms with Gasteiger partial charge in [0.25, 0.3) is 0 Å². The predicted octanol–water partition coefficient (Wildman–Crippen LogP) is 3.86. The molecule has 1 N–H and O–H groups in total. The summed E-state index contributed by atoms with van der Waals surface area (Å²) in [6, 6.07) is 7.49. The Morgan fingerprint density at radius 2 is 2.00 bits per heavy atom. The van der Waals surface area contributed by atoms with Crippen molar-refractivity contribution in [3.05, 3.63) is 48.0 Å². The van der Waals surface area contributed by atoms with Crippen molar-refractivity contribution >= 4 is 28.7 Å². The van der Waals surface area contributed by atoms with Crippen LogP contribution in [0.2, 0.25) is 0 Å². The maximum absolute atomic E-state index is 11.5. The fourth-order valence-electron chi connectivity index (χ4n) is 4.73. The Hall–Kier alpha value is -3.83. The van der Waals surface area contributed by atoms with Gasteiger partial charge in [-0.25, -0.2) is 4.98 Å². The molecule has 0 unspecified atom stereocenters. The molecule has 0 radical (unpaired) electrons. The van der Waals surface area contributed by atoms with E-state index in [-0.39, 0.29) is 23.7 Å². The van der Waals surface area contributed by atoms with Crippen molar-refractivity contribution in [2.45, 2.75) is 52.2 Å². The zero-order chi connectivity index (χ0) is 27.7. The highest BCUT2D eigenvalue weighted by Gasteiger charge is 2.25. The van der Waals surface area contributed by atoms with E-state index in [4.69, 9.17) is 14.6 Å². The smallest absolute Gasteiger partial charge is 0.210 e. The Labute approximate surface area is 228 Å². The van der Waals surface area contributed by atoms with Crippen LogP contribution in [-0.2, 0) is 35.0 Å². The second-order valence-corrected chi connectivity index (χ2v) is 11.2. The number of aryl methyl sites for hydroxylation is 1. The van der Waals surface area contributed by atoms with E-state index in [1.807, 2.05) is 22.4 Å². The van der Waals surface area contributed by atoms with Gasteiger partial charge in [-0.05, 0) is 20.0 Å². The zero-order valence-electron chi connectivity index (χ0n) is 23.4. The van der Waals surface area contributed by atoms with Gasteiger partial charge in [-0.3, -0.25) is 14.5 Å². The first-order chi connectivity index (χ1) is 18.5. The number of carbonyl (C=O) groups excluding carboxylic acids is 1. The molecule has 1 saturated heterocycles. The predicted molar refractivity (Wildman–Crippen MR) is 149 cm³/mol. The third kappa shape index (κ3) is 6.26. The molecule has 0 bridgehead atoms. The molecule has 4 aromatic rings. The molecule has 0 aliphatic carbocycles. The van der Waals surface area contributed by atoms with Crippen LogP contribution >= 0.6 is 0 Å². The van der Waals surface area contributed by atoms with Gasteiger partial charge in [-0.1, -0.05) is 20.8 Å². The lowest BCUT2D eigenvalue weighted by Crippen LogP contribution is -2.42. The fourth-order valence-corrected chi connectivity index (χ4v) is 4.73. The number of Topliss-reactive ketones (excluding diaryl/α,β-unsaturated/α-hetero) is 1. The number of likely N-dealkylation sites (N-methyl/N-ethyl adjacent to an activating group) is 1. The Morgan fingerprint density at radius 3 is 2.74 bits per heavy atom. The highest BCUT2D eigenvalue weighted by Crippen LogP contribution is 2.29. The summed E-state index contributed by atoms with van der Waals surface area (Å²) in [4.78, 5) is 27.2. The molecule has 1 atom stereocenters. The van der Waals surface area contributed by atoms with Crippen molar-refractivity contribution in [1.82, 2.24) is 34.2 Å². The molecule has 0 aromatic carbocycles. The van der Waals surface area contributed by atoms with Gasteiger partial charge in [0.15, 0.2) is 11.5 Å². The summed E-state index contributed by atoms with van der Waals surface area (Å²) in [7, 11) is 4.04. The lowest BCUT2D eigenvalue weighted by Gasteiger charge is -2.31. The molecule has 5 rings (SSSR count). The number of morpholine rings is 1. The van der Waals surface area contributed by atoms with Crippen molar-refractivity contribution in [3.63, 3.8) is 0 Å². The Morgan fingerprint density at radius 1 is 1.18 bits per heavy atom. The van der Waals surface area contributed by atoms with E-state index in [0.29, 0.717) is 41.2 Å². The van der Waals surface area contributed by atoms with Crippen LogP contribution < -0.4 is 10.1 Å². The van der Waals surface area contributed by atoms with Crippen LogP contribution in [0.25, 0.3) is 11.2 Å². The molecule has 11 heteroatoms. The summed E-state index contributed by atoms with van der Waals surface area (Å²) in [6.45, 7) is 11.3. The van der Waals surface area contributed by atoms with Crippen LogP contribution in [0.1, 0.15) is 39.1 Å². The minimum Gasteiger partial charge on any atom is -0.456 e. The second kappa shape index (κ2) is 10.7. The number of ketones is 1. The molecule has 11 nitrogen and oxygen atoms in total. The maximum Gasteiger partial charge on any atom is 0.210 e. The topological polar surface area (TPSA) is 112 Å². The van der Waals surface area contributed by atoms with E-state index in [9.17, 15) is 4.79 Å². The third-order valence-electron chi connectivity index (χ3n) is 6.67. The summed E-state index contributed by atoms with van der Waals surface area (Å²) in [6.07, 6.45) is 3.63. The van der Waals surface area contributed by atoms with Crippen LogP contribution in [-0.4, -0.2) is 72.8 Å². The highest BCUT2D eigenvalue weighted by atomic mass is 16.5. The van der Waals surface area contributed by atoms with Crippen molar-refractivity contribution < 1.29 is 14.3 Å². The highest BCUT2D eigenvalue weighted by molar-refractivity contribution is 5.78. The molecule has 206 valence electrons. The van der Waals surface area contributed by atoms with Crippen LogP contribution in [0.4, 0.5) is 11.8 Å². The molecular weight excluding hydrogens is 496 g/mol. The zero-order valence-corrected chi connectivity index (χ0v) is 23.4. The number of fused-ring (bicyclic) bond motifs is 1. The normalized spacial score (nSPS) is 16.5. The lowest BCUT2D eigenvalue weighted by molar-refractivity contribution is -0.116. The Bertz CT molecular complexity index is 1490. The number of hydrogen-bond acceptors (Lipinski definition) is 9. The first-order valence-corrected chi connectivity index (χ1v) is 13.2. The van der Waals surface area contributed by atoms with Crippen LogP contribution in [0.15, 0.2) is 36.7 Å². The van der Waals surface area contributed by atoms with E-state index in [1.54, 1.807) is 31.5 Å². The van der Waals surface area contributed by atoms with Gasteiger partial charge in [-0.15, -0.1) is 0 Å². The van der Waals surface area contributed by atoms with Crippen LogP contribution in [0.5, 0.6) is 11.5 Å². The molecule has 1 aliphatic rings. The van der Waals surface area contributed by atoms with Gasteiger partial charge in [0, 0.05) is 62.1 Å². The molecule has 0 amide bonds. The summed E-state index contributed by atoms with van der Waals surface area (Å²) < 4.78 is 16.0. The monoisotopic (exact) mass is 532 g/mol. The van der Waals surface area contributed by atoms with Crippen LogP contribution in [0.3, 0.4) is 0 Å². The Kier molecular flexibility index (Phi) is 7.37. The molecule has 1 aliphatic heterocycles. The van der Waals surface area contributed by atoms with Gasteiger partial charge in [-0.2, -0.15) is 10.1 Å². The number of nitrogens with zero attached hydrogens (tertiary/aromatic N) is 7. The summed E-state index contributed by atoms with van der Waals surface area (Å²) in [5.74, 6) is 2.55. The third-order valence-corrected chi connectivity index (χ3v) is 6.67. The number of pyridine rings is 2. The first-order valence-electron chi connectivity index (χ1n) is 13.2. The molecule has 1 fully saturated rings.